The van der Waals surface area contributed by atoms with Gasteiger partial charge in [-0.05, 0) is 31.0 Å². The van der Waals surface area contributed by atoms with Crippen LogP contribution in [0.3, 0.4) is 0 Å². The molecular weight excluding hydrogens is 364 g/mol. The topological polar surface area (TPSA) is 75.7 Å². The SMILES string of the molecule is CCOc1ccccc1N(CCNC(=O)CCc1ccccc1)S(C)(=O)=O. The molecule has 146 valence electrons. The Kier molecular flexibility index (Phi) is 7.67. The summed E-state index contributed by atoms with van der Waals surface area (Å²) in [5.74, 6) is 0.395. The van der Waals surface area contributed by atoms with Crippen LogP contribution < -0.4 is 14.4 Å². The molecule has 0 saturated carbocycles. The van der Waals surface area contributed by atoms with Crippen LogP contribution in [0, 0.1) is 0 Å². The van der Waals surface area contributed by atoms with Gasteiger partial charge in [-0.25, -0.2) is 8.42 Å². The van der Waals surface area contributed by atoms with Gasteiger partial charge in [-0.1, -0.05) is 42.5 Å². The molecule has 7 heteroatoms. The van der Waals surface area contributed by atoms with Crippen molar-refractivity contribution >= 4 is 21.6 Å². The number of sulfonamides is 1. The molecule has 0 atom stereocenters. The number of ether oxygens (including phenoxy) is 1. The van der Waals surface area contributed by atoms with E-state index in [0.717, 1.165) is 11.8 Å². The fourth-order valence-corrected chi connectivity index (χ4v) is 3.62. The van der Waals surface area contributed by atoms with Gasteiger partial charge in [0.05, 0.1) is 25.1 Å². The number of anilines is 1. The number of para-hydroxylation sites is 2. The van der Waals surface area contributed by atoms with Crippen molar-refractivity contribution in [2.45, 2.75) is 19.8 Å². The molecule has 0 radical (unpaired) electrons. The van der Waals surface area contributed by atoms with Gasteiger partial charge in [-0.2, -0.15) is 0 Å². The maximum Gasteiger partial charge on any atom is 0.232 e. The number of hydrogen-bond donors (Lipinski definition) is 1. The van der Waals surface area contributed by atoms with E-state index in [1.807, 2.05) is 37.3 Å². The maximum atomic E-state index is 12.2. The Labute approximate surface area is 161 Å². The average Bonchev–Trinajstić information content (AvgIpc) is 2.64. The summed E-state index contributed by atoms with van der Waals surface area (Å²) in [6.07, 6.45) is 2.15. The summed E-state index contributed by atoms with van der Waals surface area (Å²) < 4.78 is 31.3. The van der Waals surface area contributed by atoms with Crippen molar-refractivity contribution in [2.24, 2.45) is 0 Å². The first-order valence-electron chi connectivity index (χ1n) is 8.92. The monoisotopic (exact) mass is 390 g/mol. The number of rotatable bonds is 10. The fraction of sp³-hybridized carbons (Fsp3) is 0.350. The molecule has 0 aliphatic heterocycles. The van der Waals surface area contributed by atoms with E-state index in [2.05, 4.69) is 5.32 Å². The lowest BCUT2D eigenvalue weighted by atomic mass is 10.1. The van der Waals surface area contributed by atoms with Crippen molar-refractivity contribution in [1.29, 1.82) is 0 Å². The van der Waals surface area contributed by atoms with Crippen molar-refractivity contribution in [3.63, 3.8) is 0 Å². The largest absolute Gasteiger partial charge is 0.492 e. The van der Waals surface area contributed by atoms with Gasteiger partial charge in [0.25, 0.3) is 0 Å². The highest BCUT2D eigenvalue weighted by Gasteiger charge is 2.20. The van der Waals surface area contributed by atoms with Crippen molar-refractivity contribution in [3.8, 4) is 5.75 Å². The number of nitrogens with one attached hydrogen (secondary N) is 1. The minimum Gasteiger partial charge on any atom is -0.492 e. The second-order valence-corrected chi connectivity index (χ2v) is 7.98. The standard InChI is InChI=1S/C20H26N2O4S/c1-3-26-19-12-8-7-11-18(19)22(27(2,24)25)16-15-21-20(23)14-13-17-9-5-4-6-10-17/h4-12H,3,13-16H2,1-2H3,(H,21,23). The molecule has 0 unspecified atom stereocenters. The first-order valence-corrected chi connectivity index (χ1v) is 10.8. The van der Waals surface area contributed by atoms with Crippen LogP contribution in [0.25, 0.3) is 0 Å². The number of amides is 1. The zero-order valence-corrected chi connectivity index (χ0v) is 16.5. The van der Waals surface area contributed by atoms with E-state index in [1.165, 1.54) is 4.31 Å². The highest BCUT2D eigenvalue weighted by Crippen LogP contribution is 2.29. The third kappa shape index (κ3) is 6.60. The maximum absolute atomic E-state index is 12.2. The van der Waals surface area contributed by atoms with Crippen LogP contribution in [-0.2, 0) is 21.2 Å². The summed E-state index contributed by atoms with van der Waals surface area (Å²) >= 11 is 0. The number of nitrogens with zero attached hydrogens (tertiary/aromatic N) is 1. The van der Waals surface area contributed by atoms with Gasteiger partial charge in [-0.15, -0.1) is 0 Å². The van der Waals surface area contributed by atoms with Crippen molar-refractivity contribution in [2.75, 3.05) is 30.3 Å². The molecule has 0 aliphatic carbocycles. The van der Waals surface area contributed by atoms with Crippen molar-refractivity contribution < 1.29 is 17.9 Å². The molecule has 2 aromatic rings. The molecule has 0 saturated heterocycles. The Balaban J connectivity index is 1.95. The molecule has 2 rings (SSSR count). The van der Waals surface area contributed by atoms with Crippen LogP contribution >= 0.6 is 0 Å². The molecule has 0 bridgehead atoms. The Bertz CT molecular complexity index is 838. The lowest BCUT2D eigenvalue weighted by molar-refractivity contribution is -0.120. The van der Waals surface area contributed by atoms with Gasteiger partial charge in [0.2, 0.25) is 15.9 Å². The summed E-state index contributed by atoms with van der Waals surface area (Å²) in [6, 6.07) is 16.7. The lowest BCUT2D eigenvalue weighted by Crippen LogP contribution is -2.38. The third-order valence-electron chi connectivity index (χ3n) is 3.95. The second-order valence-electron chi connectivity index (χ2n) is 6.07. The van der Waals surface area contributed by atoms with E-state index in [0.29, 0.717) is 30.9 Å². The van der Waals surface area contributed by atoms with E-state index < -0.39 is 10.0 Å². The molecule has 27 heavy (non-hydrogen) atoms. The molecular formula is C20H26N2O4S. The van der Waals surface area contributed by atoms with Crippen LogP contribution in [0.4, 0.5) is 5.69 Å². The highest BCUT2D eigenvalue weighted by atomic mass is 32.2. The zero-order valence-electron chi connectivity index (χ0n) is 15.7. The fourth-order valence-electron chi connectivity index (χ4n) is 2.69. The van der Waals surface area contributed by atoms with Gasteiger partial charge < -0.3 is 10.1 Å². The third-order valence-corrected chi connectivity index (χ3v) is 5.13. The molecule has 6 nitrogen and oxygen atoms in total. The van der Waals surface area contributed by atoms with Gasteiger partial charge in [0, 0.05) is 13.0 Å². The Morgan fingerprint density at radius 3 is 2.41 bits per heavy atom. The Hall–Kier alpha value is -2.54. The summed E-state index contributed by atoms with van der Waals surface area (Å²) in [7, 11) is -3.51. The minimum absolute atomic E-state index is 0.106. The molecule has 0 spiro atoms. The molecule has 0 aliphatic rings. The first kappa shape index (κ1) is 20.8. The van der Waals surface area contributed by atoms with Crippen LogP contribution in [0.1, 0.15) is 18.9 Å². The number of hydrogen-bond acceptors (Lipinski definition) is 4. The summed E-state index contributed by atoms with van der Waals surface area (Å²) in [5.41, 5.74) is 1.57. The molecule has 1 amide bonds. The van der Waals surface area contributed by atoms with Crippen molar-refractivity contribution in [3.05, 3.63) is 60.2 Å². The van der Waals surface area contributed by atoms with Crippen LogP contribution in [-0.4, -0.2) is 40.3 Å². The second kappa shape index (κ2) is 9.97. The molecule has 2 aromatic carbocycles. The molecule has 1 N–H and O–H groups in total. The summed E-state index contributed by atoms with van der Waals surface area (Å²) in [4.78, 5) is 12.0. The Morgan fingerprint density at radius 1 is 1.07 bits per heavy atom. The van der Waals surface area contributed by atoms with Gasteiger partial charge in [-0.3, -0.25) is 9.10 Å². The van der Waals surface area contributed by atoms with Crippen LogP contribution in [0.2, 0.25) is 0 Å². The van der Waals surface area contributed by atoms with Gasteiger partial charge in [0.15, 0.2) is 0 Å². The lowest BCUT2D eigenvalue weighted by Gasteiger charge is -2.24. The van der Waals surface area contributed by atoms with Gasteiger partial charge >= 0.3 is 0 Å². The van der Waals surface area contributed by atoms with E-state index >= 15 is 0 Å². The summed E-state index contributed by atoms with van der Waals surface area (Å²) in [5, 5.41) is 2.79. The van der Waals surface area contributed by atoms with E-state index in [4.69, 9.17) is 4.74 Å². The highest BCUT2D eigenvalue weighted by molar-refractivity contribution is 7.92. The summed E-state index contributed by atoms with van der Waals surface area (Å²) in [6.45, 7) is 2.64. The Morgan fingerprint density at radius 2 is 1.74 bits per heavy atom. The average molecular weight is 391 g/mol. The zero-order chi connectivity index (χ0) is 19.7. The minimum atomic E-state index is -3.51. The molecule has 0 aromatic heterocycles. The number of carbonyl (C=O) groups is 1. The molecule has 0 fully saturated rings. The van der Waals surface area contributed by atoms with Gasteiger partial charge in [0.1, 0.15) is 5.75 Å². The first-order chi connectivity index (χ1) is 12.9. The normalized spacial score (nSPS) is 11.0. The van der Waals surface area contributed by atoms with E-state index in [1.54, 1.807) is 24.3 Å². The quantitative estimate of drug-likeness (QED) is 0.677. The smallest absolute Gasteiger partial charge is 0.232 e. The molecule has 0 heterocycles. The van der Waals surface area contributed by atoms with Crippen LogP contribution in [0.5, 0.6) is 5.75 Å². The van der Waals surface area contributed by atoms with E-state index in [-0.39, 0.29) is 19.0 Å². The predicted octanol–water partition coefficient (Wildman–Crippen LogP) is 2.60. The van der Waals surface area contributed by atoms with Crippen LogP contribution in [0.15, 0.2) is 54.6 Å². The van der Waals surface area contributed by atoms with E-state index in [9.17, 15) is 13.2 Å². The predicted molar refractivity (Wildman–Crippen MR) is 108 cm³/mol. The van der Waals surface area contributed by atoms with Crippen molar-refractivity contribution in [1.82, 2.24) is 5.32 Å². The number of aryl methyl sites for hydroxylation is 1. The number of carbonyl (C=O) groups excluding carboxylic acids is 1. The number of benzene rings is 2.